The molecule has 11 rings (SSSR count). The molecule has 0 N–H and O–H groups in total. The summed E-state index contributed by atoms with van der Waals surface area (Å²) in [5, 5.41) is 8.00. The van der Waals surface area contributed by atoms with Gasteiger partial charge in [0.2, 0.25) is 0 Å². The lowest BCUT2D eigenvalue weighted by molar-refractivity contribution is 1.18. The summed E-state index contributed by atoms with van der Waals surface area (Å²) in [4.78, 5) is 0. The van der Waals surface area contributed by atoms with E-state index in [0.717, 1.165) is 0 Å². The molecule has 10 aromatic rings. The number of hydrogen-bond donors (Lipinski definition) is 0. The zero-order valence-corrected chi connectivity index (χ0v) is 26.8. The van der Waals surface area contributed by atoms with Crippen molar-refractivity contribution in [2.24, 2.45) is 0 Å². The topological polar surface area (TPSA) is 4.93 Å². The number of fused-ring (bicyclic) bond motifs is 10. The second kappa shape index (κ2) is 9.78. The highest BCUT2D eigenvalue weighted by atomic mass is 32.1. The van der Waals surface area contributed by atoms with Crippen LogP contribution in [-0.2, 0) is 0 Å². The Balaban J connectivity index is 1.10. The van der Waals surface area contributed by atoms with Gasteiger partial charge in [-0.05, 0) is 104 Å². The largest absolute Gasteiger partial charge is 0.309 e. The Morgan fingerprint density at radius 2 is 0.979 bits per heavy atom. The van der Waals surface area contributed by atoms with E-state index in [9.17, 15) is 0 Å². The van der Waals surface area contributed by atoms with Gasteiger partial charge >= 0.3 is 0 Å². The number of rotatable bonds is 3. The molecule has 0 unspecified atom stereocenters. The molecule has 8 aromatic carbocycles. The third-order valence-corrected chi connectivity index (χ3v) is 11.4. The summed E-state index contributed by atoms with van der Waals surface area (Å²) < 4.78 is 5.11. The van der Waals surface area contributed by atoms with E-state index in [4.69, 9.17) is 0 Å². The van der Waals surface area contributed by atoms with Crippen LogP contribution in [-0.4, -0.2) is 4.57 Å². The Bertz CT molecular complexity index is 2940. The molecule has 0 radical (unpaired) electrons. The van der Waals surface area contributed by atoms with Gasteiger partial charge < -0.3 is 4.57 Å². The molecule has 0 atom stereocenters. The number of hydrogen-bond acceptors (Lipinski definition) is 1. The molecule has 0 bridgehead atoms. The van der Waals surface area contributed by atoms with Crippen molar-refractivity contribution in [1.29, 1.82) is 0 Å². The zero-order chi connectivity index (χ0) is 31.3. The Labute approximate surface area is 281 Å². The molecule has 1 nitrogen and oxygen atoms in total. The number of thiophene rings is 1. The molecule has 0 saturated carbocycles. The average Bonchev–Trinajstić information content (AvgIpc) is 3.80. The van der Waals surface area contributed by atoms with E-state index in [2.05, 4.69) is 168 Å². The summed E-state index contributed by atoms with van der Waals surface area (Å²) in [6.45, 7) is 0. The Morgan fingerprint density at radius 1 is 0.333 bits per heavy atom. The standard InChI is InChI=1S/C46H27NS/c1-2-10-28(11-3-1)29-12-8-13-32(24-29)47-41-19-7-6-16-35(41)38-25-30(20-22-42(38)47)31-21-23-43-40(26-31)46-37-18-9-17-36-33-14-4-5-15-34(33)39(45(36)37)27-44(46)48-43/h1-27H. The van der Waals surface area contributed by atoms with E-state index in [0.29, 0.717) is 0 Å². The molecule has 0 fully saturated rings. The molecular formula is C46H27NS. The van der Waals surface area contributed by atoms with Crippen LogP contribution in [0, 0.1) is 0 Å². The van der Waals surface area contributed by atoms with E-state index >= 15 is 0 Å². The fourth-order valence-electron chi connectivity index (χ4n) is 8.21. The minimum atomic E-state index is 1.17. The molecule has 1 aliphatic carbocycles. The summed E-state index contributed by atoms with van der Waals surface area (Å²) in [5.41, 5.74) is 14.0. The average molecular weight is 626 g/mol. The van der Waals surface area contributed by atoms with Gasteiger partial charge in [-0.15, -0.1) is 11.3 Å². The van der Waals surface area contributed by atoms with E-state index < -0.39 is 0 Å². The normalized spacial score (nSPS) is 12.2. The molecule has 1 aliphatic rings. The maximum atomic E-state index is 2.44. The third kappa shape index (κ3) is 3.61. The first-order valence-corrected chi connectivity index (χ1v) is 17.3. The fourth-order valence-corrected chi connectivity index (χ4v) is 9.35. The van der Waals surface area contributed by atoms with Crippen LogP contribution < -0.4 is 0 Å². The Morgan fingerprint density at radius 3 is 1.88 bits per heavy atom. The number of aromatic nitrogens is 1. The van der Waals surface area contributed by atoms with Crippen LogP contribution in [0.1, 0.15) is 0 Å². The second-order valence-corrected chi connectivity index (χ2v) is 14.0. The first-order chi connectivity index (χ1) is 23.8. The van der Waals surface area contributed by atoms with Gasteiger partial charge in [0.25, 0.3) is 0 Å². The van der Waals surface area contributed by atoms with E-state index in [1.165, 1.54) is 103 Å². The highest BCUT2D eigenvalue weighted by Gasteiger charge is 2.24. The summed E-state index contributed by atoms with van der Waals surface area (Å²) >= 11 is 1.91. The molecule has 0 spiro atoms. The van der Waals surface area contributed by atoms with Crippen molar-refractivity contribution in [3.8, 4) is 50.2 Å². The number of nitrogens with zero attached hydrogens (tertiary/aromatic N) is 1. The van der Waals surface area contributed by atoms with Crippen molar-refractivity contribution in [3.63, 3.8) is 0 Å². The van der Waals surface area contributed by atoms with Gasteiger partial charge in [0.15, 0.2) is 0 Å². The lowest BCUT2D eigenvalue weighted by Crippen LogP contribution is -1.94. The van der Waals surface area contributed by atoms with E-state index in [-0.39, 0.29) is 0 Å². The fraction of sp³-hybridized carbons (Fsp3) is 0. The van der Waals surface area contributed by atoms with Gasteiger partial charge in [-0.2, -0.15) is 0 Å². The molecule has 2 heteroatoms. The molecular weight excluding hydrogens is 599 g/mol. The third-order valence-electron chi connectivity index (χ3n) is 10.3. The first-order valence-electron chi connectivity index (χ1n) is 16.5. The van der Waals surface area contributed by atoms with Crippen molar-refractivity contribution < 1.29 is 0 Å². The quantitative estimate of drug-likeness (QED) is 0.184. The molecule has 0 aliphatic heterocycles. The van der Waals surface area contributed by atoms with E-state index in [1.54, 1.807) is 0 Å². The van der Waals surface area contributed by atoms with Gasteiger partial charge in [-0.25, -0.2) is 0 Å². The molecule has 2 heterocycles. The van der Waals surface area contributed by atoms with Crippen LogP contribution in [0.4, 0.5) is 0 Å². The maximum absolute atomic E-state index is 2.44. The number of para-hydroxylation sites is 1. The smallest absolute Gasteiger partial charge is 0.0541 e. The van der Waals surface area contributed by atoms with Crippen LogP contribution in [0.5, 0.6) is 0 Å². The van der Waals surface area contributed by atoms with Crippen LogP contribution in [0.25, 0.3) is 103 Å². The van der Waals surface area contributed by atoms with Crippen LogP contribution in [0.2, 0.25) is 0 Å². The highest BCUT2D eigenvalue weighted by molar-refractivity contribution is 7.26. The molecule has 0 saturated heterocycles. The summed E-state index contributed by atoms with van der Waals surface area (Å²) in [6, 6.07) is 60.5. The minimum absolute atomic E-state index is 1.17. The SMILES string of the molecule is c1ccc(-c2cccc(-n3c4ccccc4c4cc(-c5ccc6sc7cc8c9c(cccc9c7c6c5)-c5ccccc5-8)ccc43)c2)cc1. The van der Waals surface area contributed by atoms with Crippen LogP contribution in [0.15, 0.2) is 164 Å². The van der Waals surface area contributed by atoms with Gasteiger partial charge in [-0.1, -0.05) is 115 Å². The van der Waals surface area contributed by atoms with Gasteiger partial charge in [0, 0.05) is 36.6 Å². The summed E-state index contributed by atoms with van der Waals surface area (Å²) in [5.74, 6) is 0. The highest BCUT2D eigenvalue weighted by Crippen LogP contribution is 2.52. The minimum Gasteiger partial charge on any atom is -0.309 e. The van der Waals surface area contributed by atoms with Crippen LogP contribution >= 0.6 is 11.3 Å². The Hall–Kier alpha value is -5.96. The second-order valence-electron chi connectivity index (χ2n) is 12.9. The van der Waals surface area contributed by atoms with Crippen molar-refractivity contribution in [1.82, 2.24) is 4.57 Å². The van der Waals surface area contributed by atoms with Crippen molar-refractivity contribution in [3.05, 3.63) is 164 Å². The van der Waals surface area contributed by atoms with E-state index in [1.807, 2.05) is 11.3 Å². The van der Waals surface area contributed by atoms with Gasteiger partial charge in [-0.3, -0.25) is 0 Å². The predicted octanol–water partition coefficient (Wildman–Crippen LogP) is 13.3. The van der Waals surface area contributed by atoms with Gasteiger partial charge in [0.05, 0.1) is 11.0 Å². The lowest BCUT2D eigenvalue weighted by Gasteiger charge is -2.11. The molecule has 222 valence electrons. The Kier molecular flexibility index (Phi) is 5.32. The predicted molar refractivity (Wildman–Crippen MR) is 206 cm³/mol. The summed E-state index contributed by atoms with van der Waals surface area (Å²) in [7, 11) is 0. The zero-order valence-electron chi connectivity index (χ0n) is 25.9. The molecule has 48 heavy (non-hydrogen) atoms. The van der Waals surface area contributed by atoms with Gasteiger partial charge in [0.1, 0.15) is 0 Å². The first kappa shape index (κ1) is 26.1. The van der Waals surface area contributed by atoms with Crippen LogP contribution in [0.3, 0.4) is 0 Å². The summed E-state index contributed by atoms with van der Waals surface area (Å²) in [6.07, 6.45) is 0. The number of benzene rings is 8. The van der Waals surface area contributed by atoms with Crippen molar-refractivity contribution in [2.45, 2.75) is 0 Å². The van der Waals surface area contributed by atoms with Crippen molar-refractivity contribution in [2.75, 3.05) is 0 Å². The lowest BCUT2D eigenvalue weighted by atomic mass is 9.96. The molecule has 0 amide bonds. The maximum Gasteiger partial charge on any atom is 0.0541 e. The molecule has 2 aromatic heterocycles. The monoisotopic (exact) mass is 625 g/mol. The van der Waals surface area contributed by atoms with Crippen molar-refractivity contribution >= 4 is 64.1 Å².